The first-order valence-electron chi connectivity index (χ1n) is 6.03. The summed E-state index contributed by atoms with van der Waals surface area (Å²) in [6.07, 6.45) is 0.00913. The molecule has 1 atom stereocenters. The summed E-state index contributed by atoms with van der Waals surface area (Å²) in [4.78, 5) is 15.9. The third kappa shape index (κ3) is 1.72. The molecule has 1 aliphatic heterocycles. The third-order valence-electron chi connectivity index (χ3n) is 3.57. The number of carbonyl (C=O) groups excluding carboxylic acids is 1. The zero-order chi connectivity index (χ0) is 13.7. The molecule has 2 rings (SSSR count). The molecule has 1 aliphatic rings. The molecule has 1 aromatic rings. The van der Waals surface area contributed by atoms with Crippen LogP contribution in [0.5, 0.6) is 0 Å². The van der Waals surface area contributed by atoms with Crippen molar-refractivity contribution in [3.8, 4) is 0 Å². The molecule has 4 heteroatoms. The minimum atomic E-state index is -0.397. The standard InChI is InChI=1S/C14H19FN2O/c1-9-8-10(6-7-11(9)15)17-12(16(4)5)14(2,3)13(17)18/h6-8,12H,1-5H3. The molecule has 1 saturated heterocycles. The second-order valence-electron chi connectivity index (χ2n) is 5.67. The van der Waals surface area contributed by atoms with Crippen molar-refractivity contribution >= 4 is 11.6 Å². The second kappa shape index (κ2) is 4.05. The average molecular weight is 250 g/mol. The highest BCUT2D eigenvalue weighted by molar-refractivity contribution is 6.05. The van der Waals surface area contributed by atoms with Gasteiger partial charge in [0.2, 0.25) is 5.91 Å². The van der Waals surface area contributed by atoms with Crippen LogP contribution in [0.2, 0.25) is 0 Å². The molecule has 1 fully saturated rings. The van der Waals surface area contributed by atoms with E-state index in [2.05, 4.69) is 0 Å². The van der Waals surface area contributed by atoms with Gasteiger partial charge in [-0.05, 0) is 58.6 Å². The van der Waals surface area contributed by atoms with Crippen LogP contribution in [0.15, 0.2) is 18.2 Å². The summed E-state index contributed by atoms with van der Waals surface area (Å²) in [5.41, 5.74) is 0.922. The monoisotopic (exact) mass is 250 g/mol. The summed E-state index contributed by atoms with van der Waals surface area (Å²) < 4.78 is 13.3. The molecular formula is C14H19FN2O. The van der Waals surface area contributed by atoms with Crippen LogP contribution in [-0.2, 0) is 4.79 Å². The molecule has 0 bridgehead atoms. The van der Waals surface area contributed by atoms with Gasteiger partial charge in [-0.3, -0.25) is 14.6 Å². The number of halogens is 1. The molecule has 1 amide bonds. The van der Waals surface area contributed by atoms with Gasteiger partial charge < -0.3 is 0 Å². The van der Waals surface area contributed by atoms with Crippen molar-refractivity contribution in [1.29, 1.82) is 0 Å². The maximum atomic E-state index is 13.3. The summed E-state index contributed by atoms with van der Waals surface area (Å²) in [5.74, 6) is -0.167. The van der Waals surface area contributed by atoms with Crippen molar-refractivity contribution in [2.45, 2.75) is 26.9 Å². The number of hydrogen-bond donors (Lipinski definition) is 0. The van der Waals surface area contributed by atoms with Gasteiger partial charge in [-0.2, -0.15) is 0 Å². The predicted octanol–water partition coefficient (Wildman–Crippen LogP) is 2.39. The first-order valence-corrected chi connectivity index (χ1v) is 6.03. The zero-order valence-electron chi connectivity index (χ0n) is 11.5. The summed E-state index contributed by atoms with van der Waals surface area (Å²) in [6.45, 7) is 5.58. The van der Waals surface area contributed by atoms with Gasteiger partial charge in [0.25, 0.3) is 0 Å². The molecule has 0 radical (unpaired) electrons. The number of aryl methyl sites for hydroxylation is 1. The number of amides is 1. The molecule has 18 heavy (non-hydrogen) atoms. The summed E-state index contributed by atoms with van der Waals surface area (Å²) in [7, 11) is 3.89. The van der Waals surface area contributed by atoms with Crippen LogP contribution >= 0.6 is 0 Å². The molecule has 0 aliphatic carbocycles. The van der Waals surface area contributed by atoms with E-state index in [0.717, 1.165) is 5.69 Å². The van der Waals surface area contributed by atoms with E-state index >= 15 is 0 Å². The van der Waals surface area contributed by atoms with Crippen LogP contribution < -0.4 is 4.90 Å². The molecular weight excluding hydrogens is 231 g/mol. The highest BCUT2D eigenvalue weighted by Crippen LogP contribution is 2.42. The number of benzene rings is 1. The Bertz CT molecular complexity index is 497. The third-order valence-corrected chi connectivity index (χ3v) is 3.57. The fourth-order valence-electron chi connectivity index (χ4n) is 2.70. The average Bonchev–Trinajstić information content (AvgIpc) is 2.28. The Labute approximate surface area is 107 Å². The van der Waals surface area contributed by atoms with Crippen molar-refractivity contribution in [3.63, 3.8) is 0 Å². The summed E-state index contributed by atoms with van der Waals surface area (Å²) in [5, 5.41) is 0. The lowest BCUT2D eigenvalue weighted by Crippen LogP contribution is -2.71. The molecule has 1 aromatic carbocycles. The van der Waals surface area contributed by atoms with Crippen LogP contribution in [0, 0.1) is 18.2 Å². The van der Waals surface area contributed by atoms with E-state index < -0.39 is 5.41 Å². The van der Waals surface area contributed by atoms with Crippen LogP contribution in [0.1, 0.15) is 19.4 Å². The molecule has 0 N–H and O–H groups in total. The van der Waals surface area contributed by atoms with E-state index in [1.807, 2.05) is 32.8 Å². The normalized spacial score (nSPS) is 22.3. The van der Waals surface area contributed by atoms with E-state index in [0.29, 0.717) is 5.56 Å². The minimum absolute atomic E-state index is 0.00913. The van der Waals surface area contributed by atoms with E-state index in [9.17, 15) is 9.18 Å². The Balaban J connectivity index is 2.38. The Morgan fingerprint density at radius 3 is 2.44 bits per heavy atom. The molecule has 1 unspecified atom stereocenters. The quantitative estimate of drug-likeness (QED) is 0.752. The van der Waals surface area contributed by atoms with Gasteiger partial charge in [0, 0.05) is 5.69 Å². The molecule has 0 spiro atoms. The Kier molecular flexibility index (Phi) is 2.93. The summed E-state index contributed by atoms with van der Waals surface area (Å²) in [6, 6.07) is 4.79. The van der Waals surface area contributed by atoms with Crippen molar-refractivity contribution in [2.75, 3.05) is 19.0 Å². The van der Waals surface area contributed by atoms with E-state index in [4.69, 9.17) is 0 Å². The SMILES string of the molecule is Cc1cc(N2C(=O)C(C)(C)C2N(C)C)ccc1F. The van der Waals surface area contributed by atoms with Crippen LogP contribution in [0.4, 0.5) is 10.1 Å². The minimum Gasteiger partial charge on any atom is -0.295 e. The first kappa shape index (κ1) is 13.0. The smallest absolute Gasteiger partial charge is 0.237 e. The highest BCUT2D eigenvalue weighted by atomic mass is 19.1. The zero-order valence-corrected chi connectivity index (χ0v) is 11.5. The number of rotatable bonds is 2. The Hall–Kier alpha value is -1.42. The van der Waals surface area contributed by atoms with Gasteiger partial charge in [-0.15, -0.1) is 0 Å². The maximum absolute atomic E-state index is 13.3. The number of carbonyl (C=O) groups is 1. The van der Waals surface area contributed by atoms with E-state index in [-0.39, 0.29) is 17.9 Å². The Morgan fingerprint density at radius 1 is 1.33 bits per heavy atom. The second-order valence-corrected chi connectivity index (χ2v) is 5.67. The first-order chi connectivity index (χ1) is 8.26. The van der Waals surface area contributed by atoms with E-state index in [1.54, 1.807) is 24.0 Å². The maximum Gasteiger partial charge on any atom is 0.237 e. The summed E-state index contributed by atoms with van der Waals surface area (Å²) >= 11 is 0. The lowest BCUT2D eigenvalue weighted by Gasteiger charge is -2.55. The van der Waals surface area contributed by atoms with Gasteiger partial charge in [-0.1, -0.05) is 0 Å². The number of hydrogen-bond acceptors (Lipinski definition) is 2. The molecule has 0 saturated carbocycles. The molecule has 3 nitrogen and oxygen atoms in total. The lowest BCUT2D eigenvalue weighted by molar-refractivity contribution is -0.142. The molecule has 98 valence electrons. The van der Waals surface area contributed by atoms with E-state index in [1.165, 1.54) is 6.07 Å². The van der Waals surface area contributed by atoms with Crippen molar-refractivity contribution in [1.82, 2.24) is 4.90 Å². The largest absolute Gasteiger partial charge is 0.295 e. The van der Waals surface area contributed by atoms with Gasteiger partial charge in [0.1, 0.15) is 12.0 Å². The number of anilines is 1. The molecule has 0 aromatic heterocycles. The van der Waals surface area contributed by atoms with Gasteiger partial charge in [-0.25, -0.2) is 4.39 Å². The fraction of sp³-hybridized carbons (Fsp3) is 0.500. The topological polar surface area (TPSA) is 23.6 Å². The molecule has 1 heterocycles. The number of nitrogens with zero attached hydrogens (tertiary/aromatic N) is 2. The predicted molar refractivity (Wildman–Crippen MR) is 69.9 cm³/mol. The lowest BCUT2D eigenvalue weighted by atomic mass is 9.77. The van der Waals surface area contributed by atoms with Gasteiger partial charge in [0.05, 0.1) is 5.41 Å². The van der Waals surface area contributed by atoms with Crippen molar-refractivity contribution in [3.05, 3.63) is 29.6 Å². The highest BCUT2D eigenvalue weighted by Gasteiger charge is 2.55. The fourth-order valence-corrected chi connectivity index (χ4v) is 2.70. The Morgan fingerprint density at radius 2 is 1.94 bits per heavy atom. The van der Waals surface area contributed by atoms with Crippen LogP contribution in [-0.4, -0.2) is 31.1 Å². The van der Waals surface area contributed by atoms with Gasteiger partial charge >= 0.3 is 0 Å². The van der Waals surface area contributed by atoms with Crippen molar-refractivity contribution < 1.29 is 9.18 Å². The number of β-lactam (4-membered cyclic amide) rings is 1. The van der Waals surface area contributed by atoms with Crippen LogP contribution in [0.25, 0.3) is 0 Å². The van der Waals surface area contributed by atoms with Crippen LogP contribution in [0.3, 0.4) is 0 Å². The van der Waals surface area contributed by atoms with Gasteiger partial charge in [0.15, 0.2) is 0 Å². The van der Waals surface area contributed by atoms with Crippen molar-refractivity contribution in [2.24, 2.45) is 5.41 Å².